The summed E-state index contributed by atoms with van der Waals surface area (Å²) in [7, 11) is 0. The van der Waals surface area contributed by atoms with E-state index in [0.717, 1.165) is 16.5 Å². The molecule has 0 fully saturated rings. The third-order valence-corrected chi connectivity index (χ3v) is 5.66. The van der Waals surface area contributed by atoms with Crippen molar-refractivity contribution in [2.45, 2.75) is 27.3 Å². The summed E-state index contributed by atoms with van der Waals surface area (Å²) < 4.78 is 6.95. The smallest absolute Gasteiger partial charge is 0.338 e. The summed E-state index contributed by atoms with van der Waals surface area (Å²) in [6.07, 6.45) is 0. The second-order valence-electron chi connectivity index (χ2n) is 7.66. The summed E-state index contributed by atoms with van der Waals surface area (Å²) in [5.74, 6) is -0.926. The van der Waals surface area contributed by atoms with Gasteiger partial charge in [0, 0.05) is 18.5 Å². The molecule has 168 valence electrons. The highest BCUT2D eigenvalue weighted by atomic mass is 16.5. The number of anilines is 1. The van der Waals surface area contributed by atoms with Crippen LogP contribution in [-0.4, -0.2) is 34.6 Å². The molecule has 3 aromatic carbocycles. The van der Waals surface area contributed by atoms with Gasteiger partial charge in [-0.05, 0) is 50.4 Å². The fraction of sp³-hybridized carbons (Fsp3) is 0.231. The number of amides is 1. The van der Waals surface area contributed by atoms with Crippen molar-refractivity contribution >= 4 is 39.4 Å². The largest absolute Gasteiger partial charge is 0.452 e. The van der Waals surface area contributed by atoms with Gasteiger partial charge < -0.3 is 14.2 Å². The highest BCUT2D eigenvalue weighted by Gasteiger charge is 2.19. The minimum atomic E-state index is -0.618. The Morgan fingerprint density at radius 1 is 1.03 bits per heavy atom. The Labute approximate surface area is 191 Å². The van der Waals surface area contributed by atoms with E-state index in [-0.39, 0.29) is 23.6 Å². The number of benzene rings is 3. The molecular weight excluding hydrogens is 418 g/mol. The molecule has 4 aromatic rings. The van der Waals surface area contributed by atoms with Crippen molar-refractivity contribution in [3.63, 3.8) is 0 Å². The second-order valence-corrected chi connectivity index (χ2v) is 7.66. The van der Waals surface area contributed by atoms with Crippen LogP contribution in [0.25, 0.3) is 21.8 Å². The van der Waals surface area contributed by atoms with E-state index in [0.29, 0.717) is 29.8 Å². The van der Waals surface area contributed by atoms with Crippen molar-refractivity contribution in [3.05, 3.63) is 82.3 Å². The molecule has 7 nitrogen and oxygen atoms in total. The first-order valence-electron chi connectivity index (χ1n) is 10.9. The number of fused-ring (bicyclic) bond motifs is 2. The minimum Gasteiger partial charge on any atom is -0.452 e. The molecule has 0 radical (unpaired) electrons. The van der Waals surface area contributed by atoms with Crippen molar-refractivity contribution < 1.29 is 14.3 Å². The normalized spacial score (nSPS) is 11.0. The van der Waals surface area contributed by atoms with Crippen LogP contribution in [0.1, 0.15) is 29.9 Å². The van der Waals surface area contributed by atoms with E-state index in [1.165, 1.54) is 0 Å². The summed E-state index contributed by atoms with van der Waals surface area (Å²) in [5, 5.41) is 1.99. The van der Waals surface area contributed by atoms with Gasteiger partial charge in [-0.25, -0.2) is 9.78 Å². The number of esters is 1. The number of carbonyl (C=O) groups is 2. The van der Waals surface area contributed by atoms with Crippen LogP contribution in [0.5, 0.6) is 0 Å². The molecule has 1 amide bonds. The molecule has 0 aliphatic rings. The SMILES string of the molecule is CCN(C(=O)COC(=O)c1ccc2c(c1)nc(C)c(=O)n2CC)c1cccc2ccccc12. The molecule has 7 heteroatoms. The first-order valence-corrected chi connectivity index (χ1v) is 10.9. The maximum Gasteiger partial charge on any atom is 0.338 e. The number of rotatable bonds is 6. The average molecular weight is 444 g/mol. The van der Waals surface area contributed by atoms with Crippen molar-refractivity contribution in [1.82, 2.24) is 9.55 Å². The maximum atomic E-state index is 12.9. The van der Waals surface area contributed by atoms with E-state index in [1.54, 1.807) is 34.6 Å². The zero-order chi connectivity index (χ0) is 23.5. The van der Waals surface area contributed by atoms with Crippen molar-refractivity contribution in [3.8, 4) is 0 Å². The van der Waals surface area contributed by atoms with Gasteiger partial charge in [0.15, 0.2) is 6.61 Å². The van der Waals surface area contributed by atoms with E-state index in [2.05, 4.69) is 4.98 Å². The van der Waals surface area contributed by atoms with Gasteiger partial charge in [0.2, 0.25) is 0 Å². The molecule has 1 heterocycles. The quantitative estimate of drug-likeness (QED) is 0.419. The van der Waals surface area contributed by atoms with Crippen LogP contribution >= 0.6 is 0 Å². The zero-order valence-corrected chi connectivity index (χ0v) is 18.9. The molecule has 0 unspecified atom stereocenters. The Kier molecular flexibility index (Phi) is 6.22. The molecular formula is C26H25N3O4. The molecule has 0 spiro atoms. The minimum absolute atomic E-state index is 0.154. The fourth-order valence-electron chi connectivity index (χ4n) is 4.03. The molecule has 4 rings (SSSR count). The third-order valence-electron chi connectivity index (χ3n) is 5.66. The fourth-order valence-corrected chi connectivity index (χ4v) is 4.03. The number of aryl methyl sites for hydroxylation is 2. The van der Waals surface area contributed by atoms with E-state index in [9.17, 15) is 14.4 Å². The number of ether oxygens (including phenoxy) is 1. The number of likely N-dealkylation sites (N-methyl/N-ethyl adjacent to an activating group) is 1. The average Bonchev–Trinajstić information content (AvgIpc) is 2.83. The van der Waals surface area contributed by atoms with E-state index in [1.807, 2.05) is 56.3 Å². The number of hydrogen-bond acceptors (Lipinski definition) is 5. The first kappa shape index (κ1) is 22.2. The summed E-state index contributed by atoms with van der Waals surface area (Å²) in [6.45, 7) is 5.96. The van der Waals surface area contributed by atoms with Crippen molar-refractivity contribution in [2.75, 3.05) is 18.1 Å². The zero-order valence-electron chi connectivity index (χ0n) is 18.9. The summed E-state index contributed by atoms with van der Waals surface area (Å²) in [5.41, 5.74) is 2.43. The van der Waals surface area contributed by atoms with Gasteiger partial charge in [-0.1, -0.05) is 36.4 Å². The Bertz CT molecular complexity index is 1420. The number of hydrogen-bond donors (Lipinski definition) is 0. The molecule has 0 saturated carbocycles. The molecule has 0 atom stereocenters. The lowest BCUT2D eigenvalue weighted by molar-refractivity contribution is -0.121. The van der Waals surface area contributed by atoms with Gasteiger partial charge in [0.05, 0.1) is 22.3 Å². The Hall–Kier alpha value is -4.00. The van der Waals surface area contributed by atoms with Crippen LogP contribution in [0.2, 0.25) is 0 Å². The van der Waals surface area contributed by atoms with Gasteiger partial charge in [0.1, 0.15) is 5.69 Å². The molecule has 1 aromatic heterocycles. The highest BCUT2D eigenvalue weighted by Crippen LogP contribution is 2.26. The lowest BCUT2D eigenvalue weighted by Gasteiger charge is -2.22. The van der Waals surface area contributed by atoms with Gasteiger partial charge >= 0.3 is 5.97 Å². The van der Waals surface area contributed by atoms with Crippen LogP contribution in [0.4, 0.5) is 5.69 Å². The predicted molar refractivity (Wildman–Crippen MR) is 129 cm³/mol. The first-order chi connectivity index (χ1) is 15.9. The van der Waals surface area contributed by atoms with Crippen LogP contribution in [0.3, 0.4) is 0 Å². The number of carbonyl (C=O) groups excluding carboxylic acids is 2. The predicted octanol–water partition coefficient (Wildman–Crippen LogP) is 4.09. The van der Waals surface area contributed by atoms with E-state index < -0.39 is 5.97 Å². The van der Waals surface area contributed by atoms with Crippen molar-refractivity contribution in [2.24, 2.45) is 0 Å². The standard InChI is InChI=1S/C26H25N3O4/c1-4-28(22-12-8-10-18-9-6-7-11-20(18)22)24(30)16-33-26(32)19-13-14-23-21(15-19)27-17(3)25(31)29(23)5-2/h6-15H,4-5,16H2,1-3H3. The Morgan fingerprint density at radius 3 is 2.55 bits per heavy atom. The summed E-state index contributed by atoms with van der Waals surface area (Å²) >= 11 is 0. The van der Waals surface area contributed by atoms with Crippen LogP contribution < -0.4 is 10.5 Å². The summed E-state index contributed by atoms with van der Waals surface area (Å²) in [4.78, 5) is 43.8. The highest BCUT2D eigenvalue weighted by molar-refractivity contribution is 6.05. The van der Waals surface area contributed by atoms with Crippen LogP contribution in [-0.2, 0) is 16.1 Å². The van der Waals surface area contributed by atoms with Gasteiger partial charge in [-0.15, -0.1) is 0 Å². The topological polar surface area (TPSA) is 81.5 Å². The maximum absolute atomic E-state index is 12.9. The van der Waals surface area contributed by atoms with E-state index >= 15 is 0 Å². The Balaban J connectivity index is 1.54. The molecule has 33 heavy (non-hydrogen) atoms. The molecule has 0 aliphatic heterocycles. The number of aromatic nitrogens is 2. The summed E-state index contributed by atoms with van der Waals surface area (Å²) in [6, 6.07) is 18.5. The van der Waals surface area contributed by atoms with Gasteiger partial charge in [-0.3, -0.25) is 9.59 Å². The van der Waals surface area contributed by atoms with Crippen molar-refractivity contribution in [1.29, 1.82) is 0 Å². The van der Waals surface area contributed by atoms with Crippen LogP contribution in [0, 0.1) is 6.92 Å². The number of nitrogens with zero attached hydrogens (tertiary/aromatic N) is 3. The van der Waals surface area contributed by atoms with Crippen LogP contribution in [0.15, 0.2) is 65.5 Å². The molecule has 0 N–H and O–H groups in total. The van der Waals surface area contributed by atoms with E-state index in [4.69, 9.17) is 4.74 Å². The Morgan fingerprint density at radius 2 is 1.79 bits per heavy atom. The molecule has 0 bridgehead atoms. The van der Waals surface area contributed by atoms with Gasteiger partial charge in [0.25, 0.3) is 11.5 Å². The van der Waals surface area contributed by atoms with Gasteiger partial charge in [-0.2, -0.15) is 0 Å². The molecule has 0 aliphatic carbocycles. The molecule has 0 saturated heterocycles. The third kappa shape index (κ3) is 4.22. The monoisotopic (exact) mass is 443 g/mol. The second kappa shape index (κ2) is 9.24. The lowest BCUT2D eigenvalue weighted by atomic mass is 10.1. The lowest BCUT2D eigenvalue weighted by Crippen LogP contribution is -2.34.